The summed E-state index contributed by atoms with van der Waals surface area (Å²) in [4.78, 5) is 9.08. The molecule has 2 aromatic carbocycles. The minimum Gasteiger partial charge on any atom is -0.390 e. The Morgan fingerprint density at radius 3 is 2.32 bits per heavy atom. The van der Waals surface area contributed by atoms with E-state index in [0.29, 0.717) is 12.1 Å². The lowest BCUT2D eigenvalue weighted by Crippen LogP contribution is -2.02. The smallest absolute Gasteiger partial charge is 0.133 e. The van der Waals surface area contributed by atoms with E-state index < -0.39 is 0 Å². The fraction of sp³-hybridized carbons (Fsp3) is 0.158. The van der Waals surface area contributed by atoms with Crippen LogP contribution in [0.15, 0.2) is 60.7 Å². The summed E-state index contributed by atoms with van der Waals surface area (Å²) in [7, 11) is 0. The second-order valence-corrected chi connectivity index (χ2v) is 5.35. The van der Waals surface area contributed by atoms with Crippen molar-refractivity contribution in [2.24, 2.45) is 0 Å². The number of aryl methyl sites for hydroxylation is 1. The van der Waals surface area contributed by atoms with Crippen molar-refractivity contribution in [3.63, 3.8) is 0 Å². The zero-order valence-electron chi connectivity index (χ0n) is 12.5. The summed E-state index contributed by atoms with van der Waals surface area (Å²) in [5.74, 6) is 0.730. The Balaban J connectivity index is 1.97. The SMILES string of the molecule is Cc1ccc(-c2cc(CO)nc(Cc3ccccc3)n2)cc1. The first kappa shape index (κ1) is 14.4. The van der Waals surface area contributed by atoms with Gasteiger partial charge in [-0.2, -0.15) is 0 Å². The average molecular weight is 290 g/mol. The van der Waals surface area contributed by atoms with Crippen LogP contribution in [0.1, 0.15) is 22.6 Å². The van der Waals surface area contributed by atoms with Crippen molar-refractivity contribution >= 4 is 0 Å². The molecular weight excluding hydrogens is 272 g/mol. The van der Waals surface area contributed by atoms with E-state index in [-0.39, 0.29) is 6.61 Å². The molecule has 0 saturated heterocycles. The van der Waals surface area contributed by atoms with Gasteiger partial charge in [0.05, 0.1) is 18.0 Å². The first-order valence-corrected chi connectivity index (χ1v) is 7.33. The zero-order chi connectivity index (χ0) is 15.4. The second kappa shape index (κ2) is 6.50. The summed E-state index contributed by atoms with van der Waals surface area (Å²) in [5.41, 5.74) is 4.91. The van der Waals surface area contributed by atoms with Crippen LogP contribution in [0.4, 0.5) is 0 Å². The molecule has 1 heterocycles. The molecule has 0 radical (unpaired) electrons. The van der Waals surface area contributed by atoms with Crippen molar-refractivity contribution in [1.29, 1.82) is 0 Å². The first-order valence-electron chi connectivity index (χ1n) is 7.33. The molecule has 3 heteroatoms. The third kappa shape index (κ3) is 3.38. The number of rotatable bonds is 4. The summed E-state index contributed by atoms with van der Waals surface area (Å²) >= 11 is 0. The molecule has 22 heavy (non-hydrogen) atoms. The number of hydrogen-bond acceptors (Lipinski definition) is 3. The predicted octanol–water partition coefficient (Wildman–Crippen LogP) is 3.54. The summed E-state index contributed by atoms with van der Waals surface area (Å²) < 4.78 is 0. The summed E-state index contributed by atoms with van der Waals surface area (Å²) in [6.45, 7) is 1.98. The highest BCUT2D eigenvalue weighted by molar-refractivity contribution is 5.59. The van der Waals surface area contributed by atoms with E-state index >= 15 is 0 Å². The molecule has 0 bridgehead atoms. The highest BCUT2D eigenvalue weighted by Gasteiger charge is 2.07. The number of benzene rings is 2. The molecule has 0 spiro atoms. The lowest BCUT2D eigenvalue weighted by Gasteiger charge is -2.08. The zero-order valence-corrected chi connectivity index (χ0v) is 12.5. The summed E-state index contributed by atoms with van der Waals surface area (Å²) in [6, 6.07) is 20.2. The normalized spacial score (nSPS) is 10.6. The Hall–Kier alpha value is -2.52. The molecule has 3 nitrogen and oxygen atoms in total. The van der Waals surface area contributed by atoms with Crippen molar-refractivity contribution in [2.45, 2.75) is 20.0 Å². The van der Waals surface area contributed by atoms with Gasteiger partial charge in [0, 0.05) is 12.0 Å². The van der Waals surface area contributed by atoms with Crippen molar-refractivity contribution in [3.8, 4) is 11.3 Å². The molecule has 1 aromatic heterocycles. The molecule has 0 atom stereocenters. The van der Waals surface area contributed by atoms with E-state index in [1.54, 1.807) is 0 Å². The molecule has 0 amide bonds. The maximum absolute atomic E-state index is 9.45. The number of nitrogens with zero attached hydrogens (tertiary/aromatic N) is 2. The van der Waals surface area contributed by atoms with E-state index in [9.17, 15) is 5.11 Å². The molecule has 3 rings (SSSR count). The number of aliphatic hydroxyl groups excluding tert-OH is 1. The third-order valence-electron chi connectivity index (χ3n) is 3.54. The Kier molecular flexibility index (Phi) is 4.26. The molecule has 3 aromatic rings. The molecule has 0 saturated carbocycles. The van der Waals surface area contributed by atoms with Crippen LogP contribution in [0.3, 0.4) is 0 Å². The van der Waals surface area contributed by atoms with E-state index in [4.69, 9.17) is 0 Å². The fourth-order valence-corrected chi connectivity index (χ4v) is 2.36. The maximum atomic E-state index is 9.45. The van der Waals surface area contributed by atoms with Crippen LogP contribution in [0.5, 0.6) is 0 Å². The molecule has 1 N–H and O–H groups in total. The molecule has 0 aliphatic rings. The highest BCUT2D eigenvalue weighted by Crippen LogP contribution is 2.19. The second-order valence-electron chi connectivity index (χ2n) is 5.35. The van der Waals surface area contributed by atoms with Gasteiger partial charge in [-0.1, -0.05) is 60.2 Å². The lowest BCUT2D eigenvalue weighted by atomic mass is 10.1. The minimum atomic E-state index is -0.0802. The molecule has 0 aliphatic heterocycles. The van der Waals surface area contributed by atoms with Crippen LogP contribution < -0.4 is 0 Å². The van der Waals surface area contributed by atoms with Gasteiger partial charge in [-0.05, 0) is 18.6 Å². The molecule has 110 valence electrons. The first-order chi connectivity index (χ1) is 10.7. The third-order valence-corrected chi connectivity index (χ3v) is 3.54. The van der Waals surface area contributed by atoms with Crippen molar-refractivity contribution in [1.82, 2.24) is 9.97 Å². The molecule has 0 unspecified atom stereocenters. The maximum Gasteiger partial charge on any atom is 0.133 e. The van der Waals surface area contributed by atoms with Crippen molar-refractivity contribution < 1.29 is 5.11 Å². The minimum absolute atomic E-state index is 0.0802. The van der Waals surface area contributed by atoms with E-state index in [1.807, 2.05) is 36.4 Å². The Bertz CT molecular complexity index is 752. The predicted molar refractivity (Wildman–Crippen MR) is 87.4 cm³/mol. The summed E-state index contributed by atoms with van der Waals surface area (Å²) in [5, 5.41) is 9.45. The topological polar surface area (TPSA) is 46.0 Å². The van der Waals surface area contributed by atoms with Gasteiger partial charge in [-0.15, -0.1) is 0 Å². The monoisotopic (exact) mass is 290 g/mol. The largest absolute Gasteiger partial charge is 0.390 e. The quantitative estimate of drug-likeness (QED) is 0.799. The van der Waals surface area contributed by atoms with Crippen LogP contribution >= 0.6 is 0 Å². The fourth-order valence-electron chi connectivity index (χ4n) is 2.36. The lowest BCUT2D eigenvalue weighted by molar-refractivity contribution is 0.276. The molecular formula is C19H18N2O. The average Bonchev–Trinajstić information content (AvgIpc) is 2.56. The van der Waals surface area contributed by atoms with Gasteiger partial charge in [-0.25, -0.2) is 9.97 Å². The van der Waals surface area contributed by atoms with Gasteiger partial charge in [0.2, 0.25) is 0 Å². The van der Waals surface area contributed by atoms with Gasteiger partial charge < -0.3 is 5.11 Å². The molecule has 0 aliphatic carbocycles. The van der Waals surface area contributed by atoms with Crippen LogP contribution in [0.25, 0.3) is 11.3 Å². The Morgan fingerprint density at radius 1 is 0.909 bits per heavy atom. The highest BCUT2D eigenvalue weighted by atomic mass is 16.3. The van der Waals surface area contributed by atoms with E-state index in [1.165, 1.54) is 5.56 Å². The number of aliphatic hydroxyl groups is 1. The van der Waals surface area contributed by atoms with Crippen LogP contribution in [-0.4, -0.2) is 15.1 Å². The van der Waals surface area contributed by atoms with Crippen molar-refractivity contribution in [2.75, 3.05) is 0 Å². The van der Waals surface area contributed by atoms with E-state index in [2.05, 4.69) is 41.2 Å². The van der Waals surface area contributed by atoms with E-state index in [0.717, 1.165) is 22.6 Å². The Labute approximate surface area is 130 Å². The van der Waals surface area contributed by atoms with Crippen molar-refractivity contribution in [3.05, 3.63) is 83.3 Å². The van der Waals surface area contributed by atoms with Gasteiger partial charge in [0.1, 0.15) is 5.82 Å². The van der Waals surface area contributed by atoms with Gasteiger partial charge in [0.25, 0.3) is 0 Å². The number of hydrogen-bond donors (Lipinski definition) is 1. The molecule has 0 fully saturated rings. The van der Waals surface area contributed by atoms with Gasteiger partial charge in [0.15, 0.2) is 0 Å². The van der Waals surface area contributed by atoms with Crippen LogP contribution in [-0.2, 0) is 13.0 Å². The van der Waals surface area contributed by atoms with Gasteiger partial charge >= 0.3 is 0 Å². The van der Waals surface area contributed by atoms with Crippen LogP contribution in [0, 0.1) is 6.92 Å². The Morgan fingerprint density at radius 2 is 1.64 bits per heavy atom. The summed E-state index contributed by atoms with van der Waals surface area (Å²) in [6.07, 6.45) is 0.660. The standard InChI is InChI=1S/C19H18N2O/c1-14-7-9-16(10-8-14)18-12-17(13-22)20-19(21-18)11-15-5-3-2-4-6-15/h2-10,12,22H,11,13H2,1H3. The number of aromatic nitrogens is 2. The van der Waals surface area contributed by atoms with Gasteiger partial charge in [-0.3, -0.25) is 0 Å². The van der Waals surface area contributed by atoms with Crippen LogP contribution in [0.2, 0.25) is 0 Å².